The second-order valence-electron chi connectivity index (χ2n) is 12.3. The number of carboxylic acids is 1. The predicted molar refractivity (Wildman–Crippen MR) is 213 cm³/mol. The molecule has 0 aliphatic rings. The number of rotatable bonds is 10. The lowest BCUT2D eigenvalue weighted by Crippen LogP contribution is -2.22. The third-order valence-electron chi connectivity index (χ3n) is 8.47. The number of hydrogen-bond acceptors (Lipinski definition) is 9. The third-order valence-corrected chi connectivity index (χ3v) is 8.47. The second kappa shape index (κ2) is 20.4. The number of carboxylic acid groups (broad SMARTS) is 1. The summed E-state index contributed by atoms with van der Waals surface area (Å²) in [5.41, 5.74) is 13.2. The van der Waals surface area contributed by atoms with Crippen molar-refractivity contribution >= 4 is 34.9 Å². The van der Waals surface area contributed by atoms with Crippen molar-refractivity contribution in [2.24, 2.45) is 5.73 Å². The number of carbonyl (C=O) groups is 4. The number of carbonyl (C=O) groups excluding carboxylic acids is 3. The highest BCUT2D eigenvalue weighted by molar-refractivity contribution is 5.95. The van der Waals surface area contributed by atoms with Crippen molar-refractivity contribution in [2.75, 3.05) is 23.9 Å². The minimum Gasteiger partial charge on any atom is -0.477 e. The molecule has 0 saturated heterocycles. The van der Waals surface area contributed by atoms with E-state index in [4.69, 9.17) is 10.8 Å². The standard InChI is InChI=1S/C22H21N3O2.C15H14N2O3.C6H8N2/c1-16(26)25(2)20-9-6-18(7-10-20)19-8-11-21(24-15-19)22(27)12-5-17-4-3-13-23-14-17;1-10(18)17(2)13-6-3-11(4-7-13)12-5-8-14(15(19)20)16-9-12;7-4-6-2-1-3-8-5-6/h3-4,6-11,13-15H,5,12H2,1-2H3;3-9H,1-2H3,(H,19,20);1-3,5H,4,7H2. The Morgan fingerprint density at radius 2 is 1.02 bits per heavy atom. The fraction of sp³-hybridized carbons (Fsp3) is 0.163. The highest BCUT2D eigenvalue weighted by Crippen LogP contribution is 2.24. The molecule has 2 aromatic carbocycles. The normalized spacial score (nSPS) is 10.1. The monoisotopic (exact) mass is 737 g/mol. The van der Waals surface area contributed by atoms with Crippen molar-refractivity contribution in [1.82, 2.24) is 19.9 Å². The molecular weight excluding hydrogens is 695 g/mol. The molecule has 0 aliphatic carbocycles. The lowest BCUT2D eigenvalue weighted by atomic mass is 10.0. The second-order valence-corrected chi connectivity index (χ2v) is 12.3. The van der Waals surface area contributed by atoms with E-state index in [9.17, 15) is 19.2 Å². The molecule has 4 heterocycles. The number of amides is 2. The van der Waals surface area contributed by atoms with Gasteiger partial charge in [-0.2, -0.15) is 0 Å². The van der Waals surface area contributed by atoms with Crippen molar-refractivity contribution in [2.45, 2.75) is 33.2 Å². The number of benzene rings is 2. The summed E-state index contributed by atoms with van der Waals surface area (Å²) in [4.78, 5) is 65.0. The molecule has 55 heavy (non-hydrogen) atoms. The minimum atomic E-state index is -1.05. The summed E-state index contributed by atoms with van der Waals surface area (Å²) in [6, 6.07) is 29.6. The highest BCUT2D eigenvalue weighted by Gasteiger charge is 2.11. The van der Waals surface area contributed by atoms with Crippen LogP contribution in [0.15, 0.2) is 134 Å². The van der Waals surface area contributed by atoms with Crippen LogP contribution in [0.5, 0.6) is 0 Å². The van der Waals surface area contributed by atoms with Crippen molar-refractivity contribution < 1.29 is 24.3 Å². The summed E-state index contributed by atoms with van der Waals surface area (Å²) in [7, 11) is 3.45. The maximum Gasteiger partial charge on any atom is 0.354 e. The Labute approximate surface area is 320 Å². The van der Waals surface area contributed by atoms with Crippen molar-refractivity contribution in [3.63, 3.8) is 0 Å². The first-order valence-electron chi connectivity index (χ1n) is 17.3. The van der Waals surface area contributed by atoms with E-state index in [0.29, 0.717) is 25.1 Å². The van der Waals surface area contributed by atoms with Crippen LogP contribution in [0.3, 0.4) is 0 Å². The quantitative estimate of drug-likeness (QED) is 0.141. The van der Waals surface area contributed by atoms with E-state index in [1.54, 1.807) is 67.0 Å². The van der Waals surface area contributed by atoms with Gasteiger partial charge in [-0.25, -0.2) is 9.78 Å². The van der Waals surface area contributed by atoms with Gasteiger partial charge in [0.25, 0.3) is 0 Å². The predicted octanol–water partition coefficient (Wildman–Crippen LogP) is 6.91. The fourth-order valence-corrected chi connectivity index (χ4v) is 4.99. The molecule has 4 aromatic heterocycles. The smallest absolute Gasteiger partial charge is 0.354 e. The molecule has 0 bridgehead atoms. The van der Waals surface area contributed by atoms with Gasteiger partial charge < -0.3 is 20.6 Å². The summed E-state index contributed by atoms with van der Waals surface area (Å²) in [5, 5.41) is 8.80. The molecule has 0 aliphatic heterocycles. The molecule has 0 fully saturated rings. The molecule has 0 saturated carbocycles. The average molecular weight is 738 g/mol. The van der Waals surface area contributed by atoms with Gasteiger partial charge in [-0.15, -0.1) is 0 Å². The van der Waals surface area contributed by atoms with E-state index in [-0.39, 0.29) is 23.3 Å². The Kier molecular flexibility index (Phi) is 15.1. The summed E-state index contributed by atoms with van der Waals surface area (Å²) >= 11 is 0. The van der Waals surface area contributed by atoms with Crippen LogP contribution in [0.25, 0.3) is 22.3 Å². The molecule has 12 heteroatoms. The number of Topliss-reactive ketones (excluding diaryl/α,β-unsaturated/α-hetero) is 1. The van der Waals surface area contributed by atoms with E-state index in [1.807, 2.05) is 78.9 Å². The zero-order valence-electron chi connectivity index (χ0n) is 31.2. The van der Waals surface area contributed by atoms with E-state index < -0.39 is 5.97 Å². The summed E-state index contributed by atoms with van der Waals surface area (Å²) in [6.07, 6.45) is 11.3. The van der Waals surface area contributed by atoms with Crippen molar-refractivity contribution in [3.05, 3.63) is 157 Å². The molecule has 3 N–H and O–H groups in total. The summed E-state index contributed by atoms with van der Waals surface area (Å²) in [5.74, 6) is -1.08. The number of nitrogens with zero attached hydrogens (tertiary/aromatic N) is 6. The molecule has 0 unspecified atom stereocenters. The molecule has 6 aromatic rings. The highest BCUT2D eigenvalue weighted by atomic mass is 16.4. The first-order chi connectivity index (χ1) is 26.5. The molecule has 280 valence electrons. The summed E-state index contributed by atoms with van der Waals surface area (Å²) < 4.78 is 0. The van der Waals surface area contributed by atoms with Gasteiger partial charge >= 0.3 is 5.97 Å². The van der Waals surface area contributed by atoms with Gasteiger partial charge in [0.15, 0.2) is 5.78 Å². The van der Waals surface area contributed by atoms with Crippen LogP contribution in [-0.2, 0) is 22.6 Å². The van der Waals surface area contributed by atoms with Crippen LogP contribution in [0.2, 0.25) is 0 Å². The SMILES string of the molecule is CC(=O)N(C)c1ccc(-c2ccc(C(=O)CCc3cccnc3)nc2)cc1.CC(=O)N(C)c1ccc(-c2ccc(C(=O)O)nc2)cc1.NCc1cccnc1. The van der Waals surface area contributed by atoms with Crippen LogP contribution in [0, 0.1) is 0 Å². The van der Waals surface area contributed by atoms with Crippen molar-refractivity contribution in [1.29, 1.82) is 0 Å². The number of ketones is 1. The Hall–Kier alpha value is -6.92. The fourth-order valence-electron chi connectivity index (χ4n) is 4.99. The number of aromatic nitrogens is 4. The number of pyridine rings is 4. The Morgan fingerprint density at radius 1 is 0.582 bits per heavy atom. The Bertz CT molecular complexity index is 2150. The number of aryl methyl sites for hydroxylation is 1. The van der Waals surface area contributed by atoms with Crippen LogP contribution >= 0.6 is 0 Å². The van der Waals surface area contributed by atoms with Gasteiger partial charge in [0.1, 0.15) is 11.4 Å². The lowest BCUT2D eigenvalue weighted by molar-refractivity contribution is -0.117. The molecule has 12 nitrogen and oxygen atoms in total. The number of nitrogens with two attached hydrogens (primary N) is 1. The zero-order chi connectivity index (χ0) is 39.7. The number of anilines is 2. The zero-order valence-corrected chi connectivity index (χ0v) is 31.2. The van der Waals surface area contributed by atoms with E-state index in [1.165, 1.54) is 26.1 Å². The Morgan fingerprint density at radius 3 is 1.36 bits per heavy atom. The van der Waals surface area contributed by atoms with E-state index in [0.717, 1.165) is 44.8 Å². The molecule has 0 spiro atoms. The van der Waals surface area contributed by atoms with Gasteiger partial charge in [0.2, 0.25) is 11.8 Å². The topological polar surface area (TPSA) is 173 Å². The molecular formula is C43H43N7O5. The third kappa shape index (κ3) is 12.3. The van der Waals surface area contributed by atoms with Gasteiger partial charge in [0.05, 0.1) is 0 Å². The largest absolute Gasteiger partial charge is 0.477 e. The van der Waals surface area contributed by atoms with Gasteiger partial charge in [-0.3, -0.25) is 29.3 Å². The number of aromatic carboxylic acids is 1. The first-order valence-corrected chi connectivity index (χ1v) is 17.3. The van der Waals surface area contributed by atoms with Crippen LogP contribution in [0.4, 0.5) is 11.4 Å². The molecule has 0 radical (unpaired) electrons. The van der Waals surface area contributed by atoms with Gasteiger partial charge in [0, 0.05) is 101 Å². The molecule has 2 amide bonds. The number of hydrogen-bond donors (Lipinski definition) is 2. The maximum atomic E-state index is 12.3. The van der Waals surface area contributed by atoms with Crippen LogP contribution in [0.1, 0.15) is 52.4 Å². The van der Waals surface area contributed by atoms with Crippen LogP contribution in [-0.4, -0.2) is 62.7 Å². The minimum absolute atomic E-state index is 0.0152. The van der Waals surface area contributed by atoms with E-state index in [2.05, 4.69) is 19.9 Å². The van der Waals surface area contributed by atoms with Gasteiger partial charge in [-0.1, -0.05) is 48.5 Å². The first kappa shape index (κ1) is 40.8. The molecule has 0 atom stereocenters. The summed E-state index contributed by atoms with van der Waals surface area (Å²) in [6.45, 7) is 3.61. The van der Waals surface area contributed by atoms with Crippen molar-refractivity contribution in [3.8, 4) is 22.3 Å². The lowest BCUT2D eigenvalue weighted by Gasteiger charge is -2.15. The van der Waals surface area contributed by atoms with Crippen LogP contribution < -0.4 is 15.5 Å². The maximum absolute atomic E-state index is 12.3. The van der Waals surface area contributed by atoms with Gasteiger partial charge in [-0.05, 0) is 77.2 Å². The van der Waals surface area contributed by atoms with E-state index >= 15 is 0 Å². The Balaban J connectivity index is 0.000000209. The average Bonchev–Trinajstić information content (AvgIpc) is 3.23. The molecule has 6 rings (SSSR count).